The number of hydrogen-bond donors (Lipinski definition) is 1. The second-order valence-corrected chi connectivity index (χ2v) is 6.23. The summed E-state index contributed by atoms with van der Waals surface area (Å²) in [5.74, 6) is 0. The van der Waals surface area contributed by atoms with Gasteiger partial charge in [0.2, 0.25) is 0 Å². The molecule has 19 heavy (non-hydrogen) atoms. The third-order valence-corrected chi connectivity index (χ3v) is 4.46. The average molecular weight is 262 g/mol. The van der Waals surface area contributed by atoms with Gasteiger partial charge in [-0.15, -0.1) is 0 Å². The molecular formula is C17H26O2. The van der Waals surface area contributed by atoms with Gasteiger partial charge in [0, 0.05) is 20.0 Å². The van der Waals surface area contributed by atoms with Crippen LogP contribution in [-0.4, -0.2) is 23.9 Å². The molecule has 1 N–H and O–H groups in total. The van der Waals surface area contributed by atoms with Crippen LogP contribution in [0.25, 0.3) is 0 Å². The Morgan fingerprint density at radius 2 is 1.89 bits per heavy atom. The van der Waals surface area contributed by atoms with Crippen molar-refractivity contribution in [2.75, 3.05) is 7.11 Å². The van der Waals surface area contributed by atoms with Crippen LogP contribution in [0.4, 0.5) is 0 Å². The molecule has 0 amide bonds. The summed E-state index contributed by atoms with van der Waals surface area (Å²) >= 11 is 0. The van der Waals surface area contributed by atoms with Crippen LogP contribution < -0.4 is 0 Å². The number of hydrogen-bond acceptors (Lipinski definition) is 2. The summed E-state index contributed by atoms with van der Waals surface area (Å²) in [7, 11) is 1.75. The first kappa shape index (κ1) is 14.5. The second kappa shape index (κ2) is 5.64. The quantitative estimate of drug-likeness (QED) is 0.903. The minimum Gasteiger partial charge on any atom is -0.389 e. The van der Waals surface area contributed by atoms with E-state index in [1.165, 1.54) is 22.3 Å². The van der Waals surface area contributed by atoms with Crippen molar-refractivity contribution in [3.8, 4) is 0 Å². The Kier molecular flexibility index (Phi) is 4.32. The molecule has 0 aliphatic heterocycles. The monoisotopic (exact) mass is 262 g/mol. The van der Waals surface area contributed by atoms with Gasteiger partial charge in [0.1, 0.15) is 0 Å². The number of rotatable bonds is 3. The van der Waals surface area contributed by atoms with Crippen molar-refractivity contribution >= 4 is 0 Å². The van der Waals surface area contributed by atoms with Gasteiger partial charge in [-0.3, -0.25) is 0 Å². The molecule has 2 unspecified atom stereocenters. The van der Waals surface area contributed by atoms with Crippen molar-refractivity contribution in [2.45, 2.75) is 64.6 Å². The van der Waals surface area contributed by atoms with E-state index in [1.807, 2.05) is 0 Å². The Labute approximate surface area is 116 Å². The van der Waals surface area contributed by atoms with E-state index in [4.69, 9.17) is 4.74 Å². The molecule has 1 aliphatic rings. The lowest BCUT2D eigenvalue weighted by atomic mass is 9.77. The zero-order valence-electron chi connectivity index (χ0n) is 12.6. The number of aliphatic hydroxyl groups is 1. The number of benzene rings is 1. The van der Waals surface area contributed by atoms with Gasteiger partial charge in [0.15, 0.2) is 0 Å². The molecular weight excluding hydrogens is 236 g/mol. The van der Waals surface area contributed by atoms with Crippen molar-refractivity contribution < 1.29 is 9.84 Å². The van der Waals surface area contributed by atoms with Gasteiger partial charge in [-0.05, 0) is 56.7 Å². The summed E-state index contributed by atoms with van der Waals surface area (Å²) in [5, 5.41) is 10.9. The molecule has 1 aromatic carbocycles. The van der Waals surface area contributed by atoms with E-state index in [0.29, 0.717) is 0 Å². The van der Waals surface area contributed by atoms with Gasteiger partial charge in [0.05, 0.1) is 11.7 Å². The van der Waals surface area contributed by atoms with Crippen molar-refractivity contribution in [1.29, 1.82) is 0 Å². The fraction of sp³-hybridized carbons (Fsp3) is 0.647. The SMILES string of the molecule is COC1CCCC(O)(Cc2c(C)cc(C)cc2C)C1. The lowest BCUT2D eigenvalue weighted by molar-refractivity contribution is -0.0582. The normalized spacial score (nSPS) is 27.5. The largest absolute Gasteiger partial charge is 0.389 e. The highest BCUT2D eigenvalue weighted by Gasteiger charge is 2.35. The molecule has 1 aromatic rings. The first-order valence-corrected chi connectivity index (χ1v) is 7.25. The highest BCUT2D eigenvalue weighted by Crippen LogP contribution is 2.34. The summed E-state index contributed by atoms with van der Waals surface area (Å²) in [4.78, 5) is 0. The van der Waals surface area contributed by atoms with E-state index in [1.54, 1.807) is 7.11 Å². The van der Waals surface area contributed by atoms with Gasteiger partial charge in [-0.25, -0.2) is 0 Å². The van der Waals surface area contributed by atoms with Crippen molar-refractivity contribution in [3.05, 3.63) is 34.4 Å². The maximum absolute atomic E-state index is 10.9. The Bertz CT molecular complexity index is 430. The molecule has 0 spiro atoms. The zero-order chi connectivity index (χ0) is 14.0. The number of ether oxygens (including phenoxy) is 1. The van der Waals surface area contributed by atoms with Gasteiger partial charge >= 0.3 is 0 Å². The fourth-order valence-corrected chi connectivity index (χ4v) is 3.47. The maximum atomic E-state index is 10.9. The minimum absolute atomic E-state index is 0.213. The van der Waals surface area contributed by atoms with Crippen LogP contribution in [0.1, 0.15) is 47.9 Å². The molecule has 2 atom stereocenters. The Morgan fingerprint density at radius 1 is 1.26 bits per heavy atom. The van der Waals surface area contributed by atoms with Crippen LogP contribution in [0.15, 0.2) is 12.1 Å². The van der Waals surface area contributed by atoms with Crippen molar-refractivity contribution in [1.82, 2.24) is 0 Å². The zero-order valence-corrected chi connectivity index (χ0v) is 12.6. The topological polar surface area (TPSA) is 29.5 Å². The summed E-state index contributed by atoms with van der Waals surface area (Å²) in [6.07, 6.45) is 4.74. The molecule has 1 saturated carbocycles. The van der Waals surface area contributed by atoms with Crippen molar-refractivity contribution in [3.63, 3.8) is 0 Å². The molecule has 1 fully saturated rings. The predicted octanol–water partition coefficient (Wildman–Crippen LogP) is 3.47. The maximum Gasteiger partial charge on any atom is 0.0712 e. The van der Waals surface area contributed by atoms with E-state index >= 15 is 0 Å². The highest BCUT2D eigenvalue weighted by molar-refractivity contribution is 5.38. The van der Waals surface area contributed by atoms with Crippen LogP contribution in [0, 0.1) is 20.8 Å². The molecule has 2 nitrogen and oxygen atoms in total. The molecule has 2 rings (SSSR count). The van der Waals surface area contributed by atoms with E-state index in [0.717, 1.165) is 32.1 Å². The average Bonchev–Trinajstić information content (AvgIpc) is 2.34. The molecule has 1 aliphatic carbocycles. The van der Waals surface area contributed by atoms with E-state index in [9.17, 15) is 5.11 Å². The predicted molar refractivity (Wildman–Crippen MR) is 78.6 cm³/mol. The summed E-state index contributed by atoms with van der Waals surface area (Å²) < 4.78 is 5.44. The second-order valence-electron chi connectivity index (χ2n) is 6.23. The fourth-order valence-electron chi connectivity index (χ4n) is 3.47. The summed E-state index contributed by atoms with van der Waals surface area (Å²) in [6, 6.07) is 4.42. The smallest absolute Gasteiger partial charge is 0.0712 e. The standard InChI is InChI=1S/C17H26O2/c1-12-8-13(2)16(14(3)9-12)11-17(18)7-5-6-15(10-17)19-4/h8-9,15,18H,5-7,10-11H2,1-4H3. The summed E-state index contributed by atoms with van der Waals surface area (Å²) in [5.41, 5.74) is 4.61. The van der Waals surface area contributed by atoms with Gasteiger partial charge in [-0.2, -0.15) is 0 Å². The van der Waals surface area contributed by atoms with Gasteiger partial charge < -0.3 is 9.84 Å². The van der Waals surface area contributed by atoms with Crippen LogP contribution in [0.5, 0.6) is 0 Å². The van der Waals surface area contributed by atoms with Gasteiger partial charge in [-0.1, -0.05) is 17.7 Å². The molecule has 0 heterocycles. The molecule has 0 bridgehead atoms. The molecule has 2 heteroatoms. The Balaban J connectivity index is 2.20. The lowest BCUT2D eigenvalue weighted by Gasteiger charge is -2.37. The van der Waals surface area contributed by atoms with Crippen LogP contribution in [-0.2, 0) is 11.2 Å². The van der Waals surface area contributed by atoms with E-state index in [-0.39, 0.29) is 6.10 Å². The number of aryl methyl sites for hydroxylation is 3. The number of methoxy groups -OCH3 is 1. The Morgan fingerprint density at radius 3 is 2.47 bits per heavy atom. The molecule has 0 saturated heterocycles. The van der Waals surface area contributed by atoms with E-state index in [2.05, 4.69) is 32.9 Å². The highest BCUT2D eigenvalue weighted by atomic mass is 16.5. The third kappa shape index (κ3) is 3.37. The minimum atomic E-state index is -0.594. The third-order valence-electron chi connectivity index (χ3n) is 4.46. The first-order valence-electron chi connectivity index (χ1n) is 7.25. The summed E-state index contributed by atoms with van der Waals surface area (Å²) in [6.45, 7) is 6.42. The van der Waals surface area contributed by atoms with Crippen molar-refractivity contribution in [2.24, 2.45) is 0 Å². The molecule has 0 aromatic heterocycles. The van der Waals surface area contributed by atoms with Crippen LogP contribution >= 0.6 is 0 Å². The molecule has 106 valence electrons. The van der Waals surface area contributed by atoms with Crippen LogP contribution in [0.3, 0.4) is 0 Å². The first-order chi connectivity index (χ1) is 8.93. The Hall–Kier alpha value is -0.860. The van der Waals surface area contributed by atoms with Crippen LogP contribution in [0.2, 0.25) is 0 Å². The lowest BCUT2D eigenvalue weighted by Crippen LogP contribution is -2.40. The molecule has 0 radical (unpaired) electrons. The van der Waals surface area contributed by atoms with Gasteiger partial charge in [0.25, 0.3) is 0 Å². The van der Waals surface area contributed by atoms with E-state index < -0.39 is 5.60 Å².